The van der Waals surface area contributed by atoms with Crippen LogP contribution in [0.25, 0.3) is 11.1 Å². The molecule has 0 atom stereocenters. The maximum Gasteiger partial charge on any atom is 0.323 e. The molecule has 0 aliphatic rings. The molecular weight excluding hydrogens is 522 g/mol. The number of nitrogens with zero attached hydrogens (tertiary/aromatic N) is 4. The molecule has 192 valence electrons. The summed E-state index contributed by atoms with van der Waals surface area (Å²) in [5.41, 5.74) is 1.98. The van der Waals surface area contributed by atoms with Gasteiger partial charge >= 0.3 is 5.97 Å². The number of carbonyl (C=O) groups is 2. The number of rotatable bonds is 10. The molecule has 0 aliphatic carbocycles. The lowest BCUT2D eigenvalue weighted by molar-refractivity contribution is -0.137. The first kappa shape index (κ1) is 26.3. The summed E-state index contributed by atoms with van der Waals surface area (Å²) in [5, 5.41) is 11.3. The minimum atomic E-state index is -1.14. The molecule has 12 heteroatoms. The van der Waals surface area contributed by atoms with Gasteiger partial charge < -0.3 is 19.3 Å². The fourth-order valence-electron chi connectivity index (χ4n) is 3.54. The van der Waals surface area contributed by atoms with E-state index in [4.69, 9.17) is 4.74 Å². The molecule has 4 aromatic rings. The van der Waals surface area contributed by atoms with E-state index in [0.29, 0.717) is 32.5 Å². The van der Waals surface area contributed by atoms with Gasteiger partial charge in [0.25, 0.3) is 5.91 Å². The van der Waals surface area contributed by atoms with Gasteiger partial charge in [-0.15, -0.1) is 23.1 Å². The summed E-state index contributed by atoms with van der Waals surface area (Å²) < 4.78 is 34.8. The molecule has 8 nitrogen and oxygen atoms in total. The van der Waals surface area contributed by atoms with Gasteiger partial charge in [-0.1, -0.05) is 12.1 Å². The van der Waals surface area contributed by atoms with Crippen LogP contribution in [0.5, 0.6) is 5.75 Å². The zero-order valence-electron chi connectivity index (χ0n) is 19.9. The van der Waals surface area contributed by atoms with E-state index in [1.54, 1.807) is 60.0 Å². The Kier molecular flexibility index (Phi) is 8.19. The Bertz CT molecular complexity index is 1420. The van der Waals surface area contributed by atoms with Crippen LogP contribution in [0, 0.1) is 11.6 Å². The number of amides is 1. The molecule has 4 rings (SSSR count). The average Bonchev–Trinajstić information content (AvgIpc) is 3.52. The molecule has 2 aromatic carbocycles. The molecular formula is C25H22F2N4O4S2. The van der Waals surface area contributed by atoms with Crippen molar-refractivity contribution in [2.75, 3.05) is 12.8 Å². The summed E-state index contributed by atoms with van der Waals surface area (Å²) in [6.07, 6.45) is 5.07. The highest BCUT2D eigenvalue weighted by molar-refractivity contribution is 7.98. The summed E-state index contributed by atoms with van der Waals surface area (Å²) in [6.45, 7) is -0.350. The van der Waals surface area contributed by atoms with Gasteiger partial charge in [-0.25, -0.2) is 18.7 Å². The molecule has 0 fully saturated rings. The molecule has 0 unspecified atom stereocenters. The van der Waals surface area contributed by atoms with Gasteiger partial charge in [0, 0.05) is 23.5 Å². The van der Waals surface area contributed by atoms with Crippen molar-refractivity contribution in [3.63, 3.8) is 0 Å². The summed E-state index contributed by atoms with van der Waals surface area (Å²) in [7, 11) is 1.78. The molecule has 37 heavy (non-hydrogen) atoms. The minimum Gasteiger partial charge on any atom is -0.486 e. The van der Waals surface area contributed by atoms with Crippen molar-refractivity contribution >= 4 is 35.0 Å². The second-order valence-electron chi connectivity index (χ2n) is 7.99. The SMILES string of the molecule is CSc1cc(F)c(F)cc1-c1ccc(OCc2nc(C(=O)N(CC(=O)O)Cc3cn(C)cn3)cs2)cc1. The average molecular weight is 545 g/mol. The summed E-state index contributed by atoms with van der Waals surface area (Å²) in [5.74, 6) is -2.93. The number of ether oxygens (including phenoxy) is 1. The van der Waals surface area contributed by atoms with E-state index >= 15 is 0 Å². The molecule has 2 heterocycles. The molecule has 0 aliphatic heterocycles. The molecule has 0 bridgehead atoms. The Balaban J connectivity index is 1.41. The number of imidazole rings is 1. The van der Waals surface area contributed by atoms with Gasteiger partial charge in [0.05, 0.1) is 18.6 Å². The van der Waals surface area contributed by atoms with Crippen LogP contribution < -0.4 is 4.74 Å². The first-order valence-electron chi connectivity index (χ1n) is 10.9. The van der Waals surface area contributed by atoms with Gasteiger partial charge in [0.1, 0.15) is 29.6 Å². The van der Waals surface area contributed by atoms with E-state index in [1.807, 2.05) is 0 Å². The summed E-state index contributed by atoms with van der Waals surface area (Å²) in [4.78, 5) is 34.5. The number of hydrogen-bond donors (Lipinski definition) is 1. The normalized spacial score (nSPS) is 10.9. The van der Waals surface area contributed by atoms with E-state index in [-0.39, 0.29) is 18.8 Å². The number of aromatic nitrogens is 3. The number of thiazole rings is 1. The standard InChI is InChI=1S/C25H22F2N4O4S2/c1-30-9-16(28-14-30)10-31(11-24(32)33)25(34)21-13-37-23(29-21)12-35-17-5-3-15(4-6-17)18-7-19(26)20(27)8-22(18)36-2/h3-9,13-14H,10-12H2,1-2H3,(H,32,33). The fourth-order valence-corrected chi connectivity index (χ4v) is 4.84. The second-order valence-corrected chi connectivity index (χ2v) is 9.78. The zero-order chi connectivity index (χ0) is 26.5. The Morgan fingerprint density at radius 3 is 2.57 bits per heavy atom. The van der Waals surface area contributed by atoms with Crippen molar-refractivity contribution < 1.29 is 28.2 Å². The molecule has 2 aromatic heterocycles. The lowest BCUT2D eigenvalue weighted by Gasteiger charge is -2.18. The molecule has 1 N–H and O–H groups in total. The highest BCUT2D eigenvalue weighted by Gasteiger charge is 2.22. The first-order chi connectivity index (χ1) is 17.7. The molecule has 0 saturated carbocycles. The van der Waals surface area contributed by atoms with Crippen LogP contribution >= 0.6 is 23.1 Å². The monoisotopic (exact) mass is 544 g/mol. The maximum atomic E-state index is 13.8. The van der Waals surface area contributed by atoms with Gasteiger partial charge in [0.15, 0.2) is 11.6 Å². The molecule has 1 amide bonds. The predicted octanol–water partition coefficient (Wildman–Crippen LogP) is 4.85. The zero-order valence-corrected chi connectivity index (χ0v) is 21.5. The van der Waals surface area contributed by atoms with Crippen LogP contribution in [0.3, 0.4) is 0 Å². The number of carboxylic acids is 1. The predicted molar refractivity (Wildman–Crippen MR) is 136 cm³/mol. The highest BCUT2D eigenvalue weighted by Crippen LogP contribution is 2.33. The number of benzene rings is 2. The summed E-state index contributed by atoms with van der Waals surface area (Å²) >= 11 is 2.54. The number of halogens is 2. The number of carboxylic acid groups (broad SMARTS) is 1. The fraction of sp³-hybridized carbons (Fsp3) is 0.200. The Morgan fingerprint density at radius 2 is 1.92 bits per heavy atom. The summed E-state index contributed by atoms with van der Waals surface area (Å²) in [6, 6.07) is 9.27. The van der Waals surface area contributed by atoms with Crippen LogP contribution in [0.2, 0.25) is 0 Å². The van der Waals surface area contributed by atoms with Gasteiger partial charge in [-0.3, -0.25) is 9.59 Å². The molecule has 0 saturated heterocycles. The quantitative estimate of drug-likeness (QED) is 0.285. The minimum absolute atomic E-state index is 0.0396. The molecule has 0 spiro atoms. The van der Waals surface area contributed by atoms with E-state index in [9.17, 15) is 23.5 Å². The van der Waals surface area contributed by atoms with Crippen molar-refractivity contribution in [3.8, 4) is 16.9 Å². The first-order valence-corrected chi connectivity index (χ1v) is 13.0. The molecule has 0 radical (unpaired) electrons. The maximum absolute atomic E-state index is 13.8. The number of aryl methyl sites for hydroxylation is 1. The Labute approximate surface area is 219 Å². The topological polar surface area (TPSA) is 97.5 Å². The largest absolute Gasteiger partial charge is 0.486 e. The van der Waals surface area contributed by atoms with Gasteiger partial charge in [0.2, 0.25) is 0 Å². The highest BCUT2D eigenvalue weighted by atomic mass is 32.2. The van der Waals surface area contributed by atoms with Crippen molar-refractivity contribution in [2.24, 2.45) is 7.05 Å². The van der Waals surface area contributed by atoms with Crippen molar-refractivity contribution in [1.29, 1.82) is 0 Å². The number of carbonyl (C=O) groups excluding carboxylic acids is 1. The second kappa shape index (κ2) is 11.5. The van der Waals surface area contributed by atoms with E-state index in [2.05, 4.69) is 9.97 Å². The van der Waals surface area contributed by atoms with Gasteiger partial charge in [-0.2, -0.15) is 0 Å². The third-order valence-electron chi connectivity index (χ3n) is 5.27. The third-order valence-corrected chi connectivity index (χ3v) is 6.87. The Morgan fingerprint density at radius 1 is 1.19 bits per heavy atom. The van der Waals surface area contributed by atoms with E-state index < -0.39 is 30.1 Å². The number of hydrogen-bond acceptors (Lipinski definition) is 7. The van der Waals surface area contributed by atoms with Crippen molar-refractivity contribution in [3.05, 3.63) is 82.3 Å². The van der Waals surface area contributed by atoms with E-state index in [1.165, 1.54) is 40.1 Å². The Hall–Kier alpha value is -3.77. The van der Waals surface area contributed by atoms with Crippen LogP contribution in [-0.4, -0.2) is 49.2 Å². The lowest BCUT2D eigenvalue weighted by atomic mass is 10.1. The van der Waals surface area contributed by atoms with Crippen LogP contribution in [0.1, 0.15) is 21.2 Å². The van der Waals surface area contributed by atoms with E-state index in [0.717, 1.165) is 0 Å². The third kappa shape index (κ3) is 6.52. The van der Waals surface area contributed by atoms with Gasteiger partial charge in [-0.05, 0) is 41.6 Å². The lowest BCUT2D eigenvalue weighted by Crippen LogP contribution is -2.35. The van der Waals surface area contributed by atoms with Crippen LogP contribution in [-0.2, 0) is 25.0 Å². The van der Waals surface area contributed by atoms with Crippen LogP contribution in [0.15, 0.2) is 59.2 Å². The van der Waals surface area contributed by atoms with Crippen molar-refractivity contribution in [1.82, 2.24) is 19.4 Å². The number of aliphatic carboxylic acids is 1. The smallest absolute Gasteiger partial charge is 0.323 e. The van der Waals surface area contributed by atoms with Crippen molar-refractivity contribution in [2.45, 2.75) is 18.0 Å². The van der Waals surface area contributed by atoms with Crippen LogP contribution in [0.4, 0.5) is 8.78 Å². The number of thioether (sulfide) groups is 1.